The van der Waals surface area contributed by atoms with E-state index in [-0.39, 0.29) is 12.4 Å². The average molecular weight is 335 g/mol. The quantitative estimate of drug-likeness (QED) is 0.447. The van der Waals surface area contributed by atoms with Gasteiger partial charge in [-0.05, 0) is 15.9 Å². The third-order valence-corrected chi connectivity index (χ3v) is 3.41. The summed E-state index contributed by atoms with van der Waals surface area (Å²) in [5.41, 5.74) is 0. The summed E-state index contributed by atoms with van der Waals surface area (Å²) in [6, 6.07) is 0. The predicted molar refractivity (Wildman–Crippen MR) is 70.2 cm³/mol. The summed E-state index contributed by atoms with van der Waals surface area (Å²) in [6.07, 6.45) is 2.97. The Kier molecular flexibility index (Phi) is 5.23. The van der Waals surface area contributed by atoms with E-state index in [1.54, 1.807) is 20.3 Å². The fourth-order valence-corrected chi connectivity index (χ4v) is 2.59. The molecule has 1 aromatic rings. The van der Waals surface area contributed by atoms with Crippen LogP contribution in [0.4, 0.5) is 0 Å². The Labute approximate surface area is 116 Å². The second kappa shape index (κ2) is 6.45. The number of nitro groups is 1. The highest BCUT2D eigenvalue weighted by atomic mass is 79.9. The summed E-state index contributed by atoms with van der Waals surface area (Å²) in [6.45, 7) is 0.241. The maximum absolute atomic E-state index is 11.1. The van der Waals surface area contributed by atoms with Crippen molar-refractivity contribution in [2.45, 2.75) is 6.54 Å². The number of aromatic nitrogens is 1. The summed E-state index contributed by atoms with van der Waals surface area (Å²) in [5, 5.41) is 10.5. The molecule has 9 heteroatoms. The van der Waals surface area contributed by atoms with Crippen LogP contribution in [0, 0.1) is 10.1 Å². The van der Waals surface area contributed by atoms with E-state index in [0.717, 1.165) is 11.1 Å². The van der Waals surface area contributed by atoms with Gasteiger partial charge in [0.25, 0.3) is 6.20 Å². The van der Waals surface area contributed by atoms with Gasteiger partial charge < -0.3 is 4.90 Å². The van der Waals surface area contributed by atoms with Crippen LogP contribution >= 0.6 is 27.3 Å². The van der Waals surface area contributed by atoms with Gasteiger partial charge in [0.15, 0.2) is 9.74 Å². The van der Waals surface area contributed by atoms with Gasteiger partial charge in [-0.15, -0.1) is 11.3 Å². The lowest BCUT2D eigenvalue weighted by Gasteiger charge is -2.23. The topological polar surface area (TPSA) is 79.6 Å². The van der Waals surface area contributed by atoms with Crippen LogP contribution in [-0.4, -0.2) is 40.2 Å². The van der Waals surface area contributed by atoms with Crippen molar-refractivity contribution in [1.29, 1.82) is 0 Å². The molecular formula is C9H11BrN4O3S. The zero-order valence-electron chi connectivity index (χ0n) is 9.74. The van der Waals surface area contributed by atoms with Crippen molar-refractivity contribution in [2.24, 2.45) is 0 Å². The molecule has 0 aliphatic rings. The molecule has 1 rings (SSSR count). The Morgan fingerprint density at radius 2 is 2.33 bits per heavy atom. The molecule has 0 aliphatic carbocycles. The molecule has 0 radical (unpaired) electrons. The van der Waals surface area contributed by atoms with Gasteiger partial charge in [-0.2, -0.15) is 0 Å². The molecule has 0 atom stereocenters. The van der Waals surface area contributed by atoms with E-state index in [9.17, 15) is 14.9 Å². The minimum absolute atomic E-state index is 0.208. The first-order chi connectivity index (χ1) is 8.43. The van der Waals surface area contributed by atoms with Gasteiger partial charge in [0, 0.05) is 25.2 Å². The summed E-state index contributed by atoms with van der Waals surface area (Å²) in [4.78, 5) is 28.6. The van der Waals surface area contributed by atoms with E-state index < -0.39 is 4.92 Å². The third kappa shape index (κ3) is 4.08. The molecule has 1 amide bonds. The first kappa shape index (κ1) is 14.6. The van der Waals surface area contributed by atoms with Crippen LogP contribution in [0.1, 0.15) is 4.88 Å². The van der Waals surface area contributed by atoms with Crippen LogP contribution in [0.3, 0.4) is 0 Å². The molecule has 98 valence electrons. The second-order valence-corrected chi connectivity index (χ2v) is 5.87. The monoisotopic (exact) mass is 334 g/mol. The highest BCUT2D eigenvalue weighted by Gasteiger charge is 2.16. The van der Waals surface area contributed by atoms with Crippen molar-refractivity contribution in [3.63, 3.8) is 0 Å². The van der Waals surface area contributed by atoms with Gasteiger partial charge in [-0.25, -0.2) is 4.98 Å². The number of amides is 1. The third-order valence-electron chi connectivity index (χ3n) is 1.95. The Bertz CT molecular complexity index is 474. The summed E-state index contributed by atoms with van der Waals surface area (Å²) >= 11 is 4.59. The largest absolute Gasteiger partial charge is 0.359 e. The molecule has 0 aliphatic heterocycles. The second-order valence-electron chi connectivity index (χ2n) is 3.48. The van der Waals surface area contributed by atoms with Crippen LogP contribution in [0.2, 0.25) is 0 Å². The van der Waals surface area contributed by atoms with Gasteiger partial charge in [0.2, 0.25) is 6.41 Å². The molecule has 0 saturated heterocycles. The number of rotatable bonds is 6. The molecule has 1 aromatic heterocycles. The van der Waals surface area contributed by atoms with Crippen LogP contribution in [0.25, 0.3) is 0 Å². The van der Waals surface area contributed by atoms with Crippen LogP contribution in [0.15, 0.2) is 22.1 Å². The summed E-state index contributed by atoms with van der Waals surface area (Å²) in [5.74, 6) is 0.208. The maximum atomic E-state index is 11.1. The lowest BCUT2D eigenvalue weighted by Crippen LogP contribution is -2.30. The van der Waals surface area contributed by atoms with Gasteiger partial charge in [-0.1, -0.05) is 0 Å². The molecule has 1 heterocycles. The Morgan fingerprint density at radius 3 is 2.72 bits per heavy atom. The number of nitrogens with zero attached hydrogens (tertiary/aromatic N) is 4. The number of hydrogen-bond acceptors (Lipinski definition) is 6. The molecule has 0 bridgehead atoms. The summed E-state index contributed by atoms with van der Waals surface area (Å²) in [7, 11) is 3.27. The highest BCUT2D eigenvalue weighted by Crippen LogP contribution is 2.21. The molecule has 0 unspecified atom stereocenters. The molecular weight excluding hydrogens is 324 g/mol. The smallest absolute Gasteiger partial charge is 0.274 e. The van der Waals surface area contributed by atoms with Crippen LogP contribution < -0.4 is 0 Å². The Hall–Kier alpha value is -1.48. The predicted octanol–water partition coefficient (Wildman–Crippen LogP) is 1.50. The first-order valence-corrected chi connectivity index (χ1v) is 6.39. The van der Waals surface area contributed by atoms with Crippen molar-refractivity contribution < 1.29 is 9.72 Å². The van der Waals surface area contributed by atoms with E-state index in [2.05, 4.69) is 20.9 Å². The molecule has 7 nitrogen and oxygen atoms in total. The standard InChI is InChI=1S/C9H11BrN4O3S/c1-12(2)8(5-14(16)17)13(6-15)4-7-3-11-9(10)18-7/h3,5-6H,4H2,1-2H3. The number of halogens is 1. The van der Waals surface area contributed by atoms with E-state index in [1.165, 1.54) is 21.1 Å². The lowest BCUT2D eigenvalue weighted by molar-refractivity contribution is -0.405. The molecule has 0 aromatic carbocycles. The number of hydrogen-bond donors (Lipinski definition) is 0. The minimum atomic E-state index is -0.589. The highest BCUT2D eigenvalue weighted by molar-refractivity contribution is 9.11. The van der Waals surface area contributed by atoms with Gasteiger partial charge in [0.1, 0.15) is 0 Å². The molecule has 0 spiro atoms. The SMILES string of the molecule is CN(C)C(=C[N+](=O)[O-])N(C=O)Cc1cnc(Br)s1. The fourth-order valence-electron chi connectivity index (χ4n) is 1.24. The van der Waals surface area contributed by atoms with Crippen LogP contribution in [-0.2, 0) is 11.3 Å². The van der Waals surface area contributed by atoms with Crippen LogP contribution in [0.5, 0.6) is 0 Å². The van der Waals surface area contributed by atoms with Gasteiger partial charge in [0.05, 0.1) is 11.5 Å². The van der Waals surface area contributed by atoms with Crippen molar-refractivity contribution in [3.8, 4) is 0 Å². The Balaban J connectivity index is 2.93. The van der Waals surface area contributed by atoms with Crippen molar-refractivity contribution >= 4 is 33.7 Å². The number of thiazole rings is 1. The first-order valence-electron chi connectivity index (χ1n) is 4.79. The lowest BCUT2D eigenvalue weighted by atomic mass is 10.4. The van der Waals surface area contributed by atoms with E-state index in [4.69, 9.17) is 0 Å². The Morgan fingerprint density at radius 1 is 1.67 bits per heavy atom. The summed E-state index contributed by atoms with van der Waals surface area (Å²) < 4.78 is 0.702. The number of carbonyl (C=O) groups is 1. The van der Waals surface area contributed by atoms with Crippen molar-refractivity contribution in [1.82, 2.24) is 14.8 Å². The van der Waals surface area contributed by atoms with Gasteiger partial charge >= 0.3 is 0 Å². The van der Waals surface area contributed by atoms with Crippen molar-refractivity contribution in [3.05, 3.63) is 37.1 Å². The molecule has 18 heavy (non-hydrogen) atoms. The van der Waals surface area contributed by atoms with E-state index in [1.807, 2.05) is 0 Å². The maximum Gasteiger partial charge on any atom is 0.274 e. The fraction of sp³-hybridized carbons (Fsp3) is 0.333. The zero-order chi connectivity index (χ0) is 13.7. The molecule has 0 N–H and O–H groups in total. The van der Waals surface area contributed by atoms with E-state index >= 15 is 0 Å². The molecule has 0 saturated carbocycles. The average Bonchev–Trinajstić information content (AvgIpc) is 2.68. The van der Waals surface area contributed by atoms with E-state index in [0.29, 0.717) is 10.3 Å². The number of carbonyl (C=O) groups excluding carboxylic acids is 1. The van der Waals surface area contributed by atoms with Gasteiger partial charge in [-0.3, -0.25) is 19.8 Å². The van der Waals surface area contributed by atoms with Crippen molar-refractivity contribution in [2.75, 3.05) is 14.1 Å². The minimum Gasteiger partial charge on any atom is -0.359 e. The zero-order valence-corrected chi connectivity index (χ0v) is 12.1. The molecule has 0 fully saturated rings. The normalized spacial score (nSPS) is 11.2.